The van der Waals surface area contributed by atoms with E-state index in [2.05, 4.69) is 13.8 Å². The molecule has 0 saturated heterocycles. The summed E-state index contributed by atoms with van der Waals surface area (Å²) in [6, 6.07) is 0. The highest BCUT2D eigenvalue weighted by Crippen LogP contribution is 2.19. The lowest BCUT2D eigenvalue weighted by atomic mass is 9.94. The van der Waals surface area contributed by atoms with Crippen molar-refractivity contribution in [1.82, 2.24) is 0 Å². The van der Waals surface area contributed by atoms with E-state index in [-0.39, 0.29) is 0 Å². The van der Waals surface area contributed by atoms with Crippen LogP contribution >= 0.6 is 0 Å². The number of rotatable bonds is 13. The third kappa shape index (κ3) is 13.4. The molecular formula is C17H32O2. The maximum absolute atomic E-state index is 10.6. The van der Waals surface area contributed by atoms with Gasteiger partial charge in [0, 0.05) is 6.08 Å². The van der Waals surface area contributed by atoms with Crippen LogP contribution in [0.15, 0.2) is 12.2 Å². The lowest BCUT2D eigenvalue weighted by Crippen LogP contribution is -1.99. The van der Waals surface area contributed by atoms with Crippen molar-refractivity contribution in [3.63, 3.8) is 0 Å². The van der Waals surface area contributed by atoms with Gasteiger partial charge in [0.2, 0.25) is 0 Å². The third-order valence-corrected chi connectivity index (χ3v) is 3.62. The number of carbonyl (C=O) groups is 1. The minimum Gasteiger partial charge on any atom is -0.478 e. The fourth-order valence-corrected chi connectivity index (χ4v) is 2.40. The van der Waals surface area contributed by atoms with Crippen molar-refractivity contribution in [1.29, 1.82) is 0 Å². The Morgan fingerprint density at radius 3 is 1.84 bits per heavy atom. The van der Waals surface area contributed by atoms with E-state index in [0.29, 0.717) is 5.92 Å². The molecule has 2 heteroatoms. The van der Waals surface area contributed by atoms with E-state index in [4.69, 9.17) is 5.11 Å². The zero-order valence-electron chi connectivity index (χ0n) is 12.9. The predicted molar refractivity (Wildman–Crippen MR) is 82.4 cm³/mol. The minimum absolute atomic E-state index is 0.467. The molecule has 0 rings (SSSR count). The van der Waals surface area contributed by atoms with Crippen LogP contribution in [0.3, 0.4) is 0 Å². The average molecular weight is 268 g/mol. The van der Waals surface area contributed by atoms with Gasteiger partial charge < -0.3 is 5.11 Å². The van der Waals surface area contributed by atoms with Gasteiger partial charge in [-0.05, 0) is 18.8 Å². The topological polar surface area (TPSA) is 37.3 Å². The molecule has 0 aromatic carbocycles. The van der Waals surface area contributed by atoms with E-state index in [9.17, 15) is 4.79 Å². The largest absolute Gasteiger partial charge is 0.478 e. The third-order valence-electron chi connectivity index (χ3n) is 3.62. The quantitative estimate of drug-likeness (QED) is 0.350. The van der Waals surface area contributed by atoms with Gasteiger partial charge in [-0.25, -0.2) is 4.79 Å². The van der Waals surface area contributed by atoms with E-state index in [1.54, 1.807) is 0 Å². The molecule has 0 amide bonds. The highest BCUT2D eigenvalue weighted by molar-refractivity contribution is 5.79. The van der Waals surface area contributed by atoms with E-state index >= 15 is 0 Å². The van der Waals surface area contributed by atoms with E-state index < -0.39 is 5.97 Å². The van der Waals surface area contributed by atoms with Crippen LogP contribution < -0.4 is 0 Å². The predicted octanol–water partition coefficient (Wildman–Crippen LogP) is 5.57. The van der Waals surface area contributed by atoms with Crippen molar-refractivity contribution < 1.29 is 9.90 Å². The van der Waals surface area contributed by atoms with Crippen LogP contribution in [0, 0.1) is 5.92 Å². The Hall–Kier alpha value is -0.790. The van der Waals surface area contributed by atoms with Gasteiger partial charge in [0.15, 0.2) is 0 Å². The number of unbranched alkanes of at least 4 members (excludes halogenated alkanes) is 7. The molecule has 0 radical (unpaired) electrons. The second kappa shape index (κ2) is 13.6. The van der Waals surface area contributed by atoms with Gasteiger partial charge in [0.25, 0.3) is 0 Å². The van der Waals surface area contributed by atoms with Crippen molar-refractivity contribution in [2.75, 3.05) is 0 Å². The summed E-state index contributed by atoms with van der Waals surface area (Å²) in [5.74, 6) is -0.348. The molecular weight excluding hydrogens is 236 g/mol. The maximum atomic E-state index is 10.6. The Labute approximate surface area is 119 Å². The molecule has 0 bridgehead atoms. The van der Waals surface area contributed by atoms with Crippen LogP contribution in [0.1, 0.15) is 84.5 Å². The van der Waals surface area contributed by atoms with E-state index in [0.717, 1.165) is 12.8 Å². The zero-order valence-corrected chi connectivity index (χ0v) is 12.9. The normalized spacial score (nSPS) is 12.9. The standard InChI is InChI=1S/C17H32O2/c1-3-5-7-9-11-13-16(14-15-17(18)19)12-10-8-6-4-2/h14-16H,3-13H2,1-2H3,(H,18,19)/b15-14+. The molecule has 1 unspecified atom stereocenters. The summed E-state index contributed by atoms with van der Waals surface area (Å²) in [5, 5.41) is 8.73. The fraction of sp³-hybridized carbons (Fsp3) is 0.824. The number of hydrogen-bond donors (Lipinski definition) is 1. The Morgan fingerprint density at radius 2 is 1.37 bits per heavy atom. The highest BCUT2D eigenvalue weighted by atomic mass is 16.4. The fourth-order valence-electron chi connectivity index (χ4n) is 2.40. The summed E-state index contributed by atoms with van der Waals surface area (Å²) in [4.78, 5) is 10.6. The molecule has 0 heterocycles. The molecule has 0 fully saturated rings. The van der Waals surface area contributed by atoms with Crippen LogP contribution in [-0.4, -0.2) is 11.1 Å². The van der Waals surface area contributed by atoms with Crippen LogP contribution in [0.2, 0.25) is 0 Å². The molecule has 1 atom stereocenters. The van der Waals surface area contributed by atoms with Crippen molar-refractivity contribution >= 4 is 5.97 Å². The molecule has 2 nitrogen and oxygen atoms in total. The summed E-state index contributed by atoms with van der Waals surface area (Å²) in [7, 11) is 0. The summed E-state index contributed by atoms with van der Waals surface area (Å²) in [5.41, 5.74) is 0. The second-order valence-corrected chi connectivity index (χ2v) is 5.51. The molecule has 19 heavy (non-hydrogen) atoms. The average Bonchev–Trinajstić information content (AvgIpc) is 2.39. The Balaban J connectivity index is 3.86. The van der Waals surface area contributed by atoms with Gasteiger partial charge in [-0.2, -0.15) is 0 Å². The first-order chi connectivity index (χ1) is 9.20. The van der Waals surface area contributed by atoms with E-state index in [1.165, 1.54) is 63.9 Å². The Bertz CT molecular complexity index is 233. The zero-order chi connectivity index (χ0) is 14.3. The first kappa shape index (κ1) is 18.2. The molecule has 112 valence electrons. The molecule has 1 N–H and O–H groups in total. The summed E-state index contributed by atoms with van der Waals surface area (Å²) >= 11 is 0. The van der Waals surface area contributed by atoms with Gasteiger partial charge in [0.1, 0.15) is 0 Å². The number of allylic oxidation sites excluding steroid dienone is 1. The number of hydrogen-bond acceptors (Lipinski definition) is 1. The summed E-state index contributed by atoms with van der Waals surface area (Å²) in [6.07, 6.45) is 17.1. The molecule has 0 aliphatic rings. The van der Waals surface area contributed by atoms with Gasteiger partial charge in [-0.3, -0.25) is 0 Å². The lowest BCUT2D eigenvalue weighted by molar-refractivity contribution is -0.131. The van der Waals surface area contributed by atoms with Crippen LogP contribution in [0.4, 0.5) is 0 Å². The number of carboxylic acids is 1. The summed E-state index contributed by atoms with van der Waals surface area (Å²) < 4.78 is 0. The molecule has 0 aromatic heterocycles. The Morgan fingerprint density at radius 1 is 0.895 bits per heavy atom. The second-order valence-electron chi connectivity index (χ2n) is 5.51. The van der Waals surface area contributed by atoms with Crippen LogP contribution in [0.25, 0.3) is 0 Å². The van der Waals surface area contributed by atoms with Gasteiger partial charge in [-0.1, -0.05) is 77.7 Å². The van der Waals surface area contributed by atoms with Gasteiger partial charge in [-0.15, -0.1) is 0 Å². The summed E-state index contributed by atoms with van der Waals surface area (Å²) in [6.45, 7) is 4.45. The molecule has 0 spiro atoms. The minimum atomic E-state index is -0.815. The monoisotopic (exact) mass is 268 g/mol. The van der Waals surface area contributed by atoms with E-state index in [1.807, 2.05) is 6.08 Å². The highest BCUT2D eigenvalue weighted by Gasteiger charge is 2.05. The van der Waals surface area contributed by atoms with Crippen LogP contribution in [-0.2, 0) is 4.79 Å². The van der Waals surface area contributed by atoms with Crippen molar-refractivity contribution in [3.05, 3.63) is 12.2 Å². The molecule has 0 aromatic rings. The Kier molecular flexibility index (Phi) is 13.1. The lowest BCUT2D eigenvalue weighted by Gasteiger charge is -2.12. The van der Waals surface area contributed by atoms with Crippen LogP contribution in [0.5, 0.6) is 0 Å². The van der Waals surface area contributed by atoms with Gasteiger partial charge in [0.05, 0.1) is 0 Å². The van der Waals surface area contributed by atoms with Crippen molar-refractivity contribution in [2.24, 2.45) is 5.92 Å². The number of carboxylic acid groups (broad SMARTS) is 1. The van der Waals surface area contributed by atoms with Crippen molar-refractivity contribution in [2.45, 2.75) is 84.5 Å². The smallest absolute Gasteiger partial charge is 0.327 e. The van der Waals surface area contributed by atoms with Gasteiger partial charge >= 0.3 is 5.97 Å². The first-order valence-corrected chi connectivity index (χ1v) is 8.11. The SMILES string of the molecule is CCCCCCCC(/C=C/C(=O)O)CCCCCC. The first-order valence-electron chi connectivity index (χ1n) is 8.11. The molecule has 0 aliphatic heterocycles. The number of aliphatic carboxylic acids is 1. The van der Waals surface area contributed by atoms with Crippen molar-refractivity contribution in [3.8, 4) is 0 Å². The molecule has 0 saturated carbocycles. The molecule has 0 aliphatic carbocycles. The maximum Gasteiger partial charge on any atom is 0.327 e.